The molecule has 0 aromatic rings. The second-order valence-electron chi connectivity index (χ2n) is 3.16. The molecule has 0 heterocycles. The first-order valence-electron chi connectivity index (χ1n) is 4.41. The molecule has 0 aliphatic rings. The Morgan fingerprint density at radius 1 is 1.60 bits per heavy atom. The number of methoxy groups -OCH3 is 1. The Hall–Kier alpha value is -1.61. The van der Waals surface area contributed by atoms with Crippen LogP contribution in [0.25, 0.3) is 0 Å². The van der Waals surface area contributed by atoms with Crippen molar-refractivity contribution in [3.63, 3.8) is 0 Å². The molecular weight excluding hydrogens is 200 g/mol. The van der Waals surface area contributed by atoms with Gasteiger partial charge in [-0.1, -0.05) is 6.92 Å². The summed E-state index contributed by atoms with van der Waals surface area (Å²) >= 11 is 0. The van der Waals surface area contributed by atoms with Crippen molar-refractivity contribution in [3.05, 3.63) is 0 Å². The predicted octanol–water partition coefficient (Wildman–Crippen LogP) is -0.248. The van der Waals surface area contributed by atoms with E-state index in [1.807, 2.05) is 6.07 Å². The van der Waals surface area contributed by atoms with E-state index in [0.717, 1.165) is 0 Å². The summed E-state index contributed by atoms with van der Waals surface area (Å²) in [4.78, 5) is 21.9. The highest BCUT2D eigenvalue weighted by Crippen LogP contribution is 2.07. The molecule has 0 saturated heterocycles. The number of carboxylic acids is 1. The molecule has 0 radical (unpaired) electrons. The number of nitrogens with one attached hydrogen (secondary N) is 1. The van der Waals surface area contributed by atoms with Gasteiger partial charge in [0.2, 0.25) is 5.91 Å². The van der Waals surface area contributed by atoms with Gasteiger partial charge in [0.15, 0.2) is 0 Å². The van der Waals surface area contributed by atoms with E-state index in [2.05, 4.69) is 10.1 Å². The minimum absolute atomic E-state index is 0.0736. The number of hydrogen-bond acceptors (Lipinski definition) is 4. The van der Waals surface area contributed by atoms with E-state index in [1.165, 1.54) is 7.11 Å². The fourth-order valence-electron chi connectivity index (χ4n) is 1.06. The lowest BCUT2D eigenvalue weighted by molar-refractivity contribution is -0.143. The first-order valence-corrected chi connectivity index (χ1v) is 4.41. The van der Waals surface area contributed by atoms with Crippen molar-refractivity contribution in [1.82, 2.24) is 5.32 Å². The SMILES string of the molecule is COCC(=O)N[C@@H](C(=O)O)[C@H](C)CC#N. The largest absolute Gasteiger partial charge is 0.480 e. The second kappa shape index (κ2) is 6.79. The zero-order chi connectivity index (χ0) is 11.8. The maximum absolute atomic E-state index is 11.1. The van der Waals surface area contributed by atoms with Crippen LogP contribution in [0.15, 0.2) is 0 Å². The van der Waals surface area contributed by atoms with E-state index in [1.54, 1.807) is 6.92 Å². The lowest BCUT2D eigenvalue weighted by atomic mass is 9.99. The van der Waals surface area contributed by atoms with Gasteiger partial charge in [0, 0.05) is 19.4 Å². The van der Waals surface area contributed by atoms with E-state index >= 15 is 0 Å². The fraction of sp³-hybridized carbons (Fsp3) is 0.667. The van der Waals surface area contributed by atoms with Crippen molar-refractivity contribution in [2.45, 2.75) is 19.4 Å². The number of nitrogens with zero attached hydrogens (tertiary/aromatic N) is 1. The smallest absolute Gasteiger partial charge is 0.326 e. The van der Waals surface area contributed by atoms with E-state index < -0.39 is 23.8 Å². The summed E-state index contributed by atoms with van der Waals surface area (Å²) in [6.45, 7) is 1.40. The summed E-state index contributed by atoms with van der Waals surface area (Å²) in [5.74, 6) is -2.09. The number of rotatable bonds is 6. The highest BCUT2D eigenvalue weighted by atomic mass is 16.5. The quantitative estimate of drug-likeness (QED) is 0.635. The van der Waals surface area contributed by atoms with Crippen LogP contribution < -0.4 is 5.32 Å². The van der Waals surface area contributed by atoms with Crippen LogP contribution in [0.1, 0.15) is 13.3 Å². The maximum Gasteiger partial charge on any atom is 0.326 e. The van der Waals surface area contributed by atoms with Gasteiger partial charge in [-0.2, -0.15) is 5.26 Å². The highest BCUT2D eigenvalue weighted by molar-refractivity contribution is 5.84. The first kappa shape index (κ1) is 13.4. The van der Waals surface area contributed by atoms with Gasteiger partial charge in [0.1, 0.15) is 12.6 Å². The third-order valence-electron chi connectivity index (χ3n) is 1.84. The van der Waals surface area contributed by atoms with Crippen molar-refractivity contribution in [2.75, 3.05) is 13.7 Å². The van der Waals surface area contributed by atoms with Gasteiger partial charge in [-0.25, -0.2) is 4.79 Å². The molecule has 0 aromatic heterocycles. The number of hydrogen-bond donors (Lipinski definition) is 2. The lowest BCUT2D eigenvalue weighted by Crippen LogP contribution is -2.46. The van der Waals surface area contributed by atoms with Crippen molar-refractivity contribution in [3.8, 4) is 6.07 Å². The Morgan fingerprint density at radius 2 is 2.20 bits per heavy atom. The normalized spacial score (nSPS) is 13.7. The molecule has 2 atom stereocenters. The topological polar surface area (TPSA) is 99.4 Å². The molecule has 0 saturated carbocycles. The molecule has 6 nitrogen and oxygen atoms in total. The van der Waals surface area contributed by atoms with Gasteiger partial charge in [-0.15, -0.1) is 0 Å². The van der Waals surface area contributed by atoms with E-state index in [-0.39, 0.29) is 13.0 Å². The summed E-state index contributed by atoms with van der Waals surface area (Å²) in [6.07, 6.45) is 0.0736. The Labute approximate surface area is 87.8 Å². The van der Waals surface area contributed by atoms with Gasteiger partial charge < -0.3 is 15.2 Å². The van der Waals surface area contributed by atoms with Crippen LogP contribution in [0.2, 0.25) is 0 Å². The van der Waals surface area contributed by atoms with Crippen molar-refractivity contribution < 1.29 is 19.4 Å². The second-order valence-corrected chi connectivity index (χ2v) is 3.16. The minimum atomic E-state index is -1.15. The maximum atomic E-state index is 11.1. The first-order chi connectivity index (χ1) is 7.02. The fourth-order valence-corrected chi connectivity index (χ4v) is 1.06. The van der Waals surface area contributed by atoms with Crippen LogP contribution in [-0.2, 0) is 14.3 Å². The van der Waals surface area contributed by atoms with Crippen molar-refractivity contribution in [1.29, 1.82) is 5.26 Å². The molecule has 0 rings (SSSR count). The molecule has 0 aliphatic carbocycles. The summed E-state index contributed by atoms with van der Waals surface area (Å²) in [5, 5.41) is 19.5. The van der Waals surface area contributed by atoms with Crippen LogP contribution in [0.3, 0.4) is 0 Å². The standard InChI is InChI=1S/C9H14N2O4/c1-6(3-4-10)8(9(13)14)11-7(12)5-15-2/h6,8H,3,5H2,1-2H3,(H,11,12)(H,13,14)/t6-,8-/m1/s1. The Kier molecular flexibility index (Phi) is 6.06. The van der Waals surface area contributed by atoms with Gasteiger partial charge >= 0.3 is 5.97 Å². The van der Waals surface area contributed by atoms with E-state index in [9.17, 15) is 9.59 Å². The molecule has 0 unspecified atom stereocenters. The summed E-state index contributed by atoms with van der Waals surface area (Å²) < 4.78 is 4.55. The van der Waals surface area contributed by atoms with Crippen LogP contribution in [0.4, 0.5) is 0 Å². The average molecular weight is 214 g/mol. The van der Waals surface area contributed by atoms with Crippen LogP contribution in [0.5, 0.6) is 0 Å². The van der Waals surface area contributed by atoms with E-state index in [0.29, 0.717) is 0 Å². The van der Waals surface area contributed by atoms with Gasteiger partial charge in [-0.05, 0) is 0 Å². The van der Waals surface area contributed by atoms with Crippen LogP contribution >= 0.6 is 0 Å². The molecule has 15 heavy (non-hydrogen) atoms. The average Bonchev–Trinajstić information content (AvgIpc) is 2.14. The molecule has 0 aliphatic heterocycles. The minimum Gasteiger partial charge on any atom is -0.480 e. The van der Waals surface area contributed by atoms with Crippen molar-refractivity contribution in [2.24, 2.45) is 5.92 Å². The lowest BCUT2D eigenvalue weighted by Gasteiger charge is -2.18. The Bertz CT molecular complexity index is 272. The van der Waals surface area contributed by atoms with Crippen LogP contribution in [0, 0.1) is 17.2 Å². The van der Waals surface area contributed by atoms with Gasteiger partial charge in [0.05, 0.1) is 6.07 Å². The molecule has 0 spiro atoms. The number of ether oxygens (including phenoxy) is 1. The molecule has 1 amide bonds. The zero-order valence-electron chi connectivity index (χ0n) is 8.69. The molecule has 84 valence electrons. The summed E-state index contributed by atoms with van der Waals surface area (Å²) in [5.41, 5.74) is 0. The highest BCUT2D eigenvalue weighted by Gasteiger charge is 2.25. The Morgan fingerprint density at radius 3 is 2.60 bits per heavy atom. The predicted molar refractivity (Wildman–Crippen MR) is 50.8 cm³/mol. The number of carboxylic acid groups (broad SMARTS) is 1. The number of nitriles is 1. The Balaban J connectivity index is 4.35. The van der Waals surface area contributed by atoms with Crippen molar-refractivity contribution >= 4 is 11.9 Å². The number of carbonyl (C=O) groups excluding carboxylic acids is 1. The number of carbonyl (C=O) groups is 2. The van der Waals surface area contributed by atoms with Gasteiger partial charge in [0.25, 0.3) is 0 Å². The molecule has 0 bridgehead atoms. The molecular formula is C9H14N2O4. The number of aliphatic carboxylic acids is 1. The van der Waals surface area contributed by atoms with Gasteiger partial charge in [-0.3, -0.25) is 4.79 Å². The molecule has 2 N–H and O–H groups in total. The van der Waals surface area contributed by atoms with E-state index in [4.69, 9.17) is 10.4 Å². The number of amides is 1. The third-order valence-corrected chi connectivity index (χ3v) is 1.84. The third kappa shape index (κ3) is 4.98. The zero-order valence-corrected chi connectivity index (χ0v) is 8.69. The molecule has 0 fully saturated rings. The van der Waals surface area contributed by atoms with Crippen LogP contribution in [-0.4, -0.2) is 36.7 Å². The molecule has 6 heteroatoms. The monoisotopic (exact) mass is 214 g/mol. The summed E-state index contributed by atoms with van der Waals surface area (Å²) in [6, 6.07) is 0.813. The summed E-state index contributed by atoms with van der Waals surface area (Å²) in [7, 11) is 1.34. The molecule has 0 aromatic carbocycles.